The molecule has 0 spiro atoms. The van der Waals surface area contributed by atoms with Crippen molar-refractivity contribution in [1.29, 1.82) is 0 Å². The van der Waals surface area contributed by atoms with E-state index in [9.17, 15) is 9.90 Å². The summed E-state index contributed by atoms with van der Waals surface area (Å²) >= 11 is 0. The first kappa shape index (κ1) is 19.3. The van der Waals surface area contributed by atoms with Gasteiger partial charge in [-0.1, -0.05) is 48.5 Å². The van der Waals surface area contributed by atoms with E-state index < -0.39 is 5.60 Å². The average molecular weight is 390 g/mol. The summed E-state index contributed by atoms with van der Waals surface area (Å²) < 4.78 is 5.21. The highest BCUT2D eigenvalue weighted by molar-refractivity contribution is 6.01. The number of benzene rings is 3. The summed E-state index contributed by atoms with van der Waals surface area (Å²) in [5, 5.41) is 16.5. The fourth-order valence-electron chi connectivity index (χ4n) is 4.24. The lowest BCUT2D eigenvalue weighted by molar-refractivity contribution is -0.00943. The highest BCUT2D eigenvalue weighted by atomic mass is 16.5. The molecule has 4 rings (SSSR count). The molecule has 2 N–H and O–H groups in total. The number of nitrogens with one attached hydrogen (secondary N) is 1. The van der Waals surface area contributed by atoms with Gasteiger partial charge < -0.3 is 20.1 Å². The normalized spacial score (nSPS) is 18.4. The van der Waals surface area contributed by atoms with E-state index in [-0.39, 0.29) is 12.1 Å². The molecule has 0 unspecified atom stereocenters. The van der Waals surface area contributed by atoms with Crippen LogP contribution in [0.15, 0.2) is 66.7 Å². The fraction of sp³-hybridized carbons (Fsp3) is 0.292. The van der Waals surface area contributed by atoms with Crippen LogP contribution in [0, 0.1) is 0 Å². The number of hydrogen-bond acceptors (Lipinski definition) is 3. The monoisotopic (exact) mass is 390 g/mol. The Morgan fingerprint density at radius 3 is 2.59 bits per heavy atom. The van der Waals surface area contributed by atoms with Crippen LogP contribution in [-0.4, -0.2) is 35.7 Å². The minimum absolute atomic E-state index is 0.183. The molecule has 3 aromatic rings. The number of anilines is 1. The summed E-state index contributed by atoms with van der Waals surface area (Å²) in [5.74, 6) is 0.738. The molecule has 0 radical (unpaired) electrons. The van der Waals surface area contributed by atoms with E-state index in [1.807, 2.05) is 66.7 Å². The molecule has 2 amide bonds. The van der Waals surface area contributed by atoms with Gasteiger partial charge in [0.05, 0.1) is 18.8 Å². The predicted octanol–water partition coefficient (Wildman–Crippen LogP) is 4.75. The van der Waals surface area contributed by atoms with E-state index in [0.717, 1.165) is 40.6 Å². The zero-order valence-corrected chi connectivity index (χ0v) is 16.8. The van der Waals surface area contributed by atoms with Crippen LogP contribution in [0.1, 0.15) is 25.3 Å². The molecule has 5 heteroatoms. The molecule has 0 bridgehead atoms. The molecule has 0 aromatic heterocycles. The third kappa shape index (κ3) is 3.66. The number of carbonyl (C=O) groups is 1. The summed E-state index contributed by atoms with van der Waals surface area (Å²) in [7, 11) is 1.61. The minimum atomic E-state index is -1.15. The zero-order chi connectivity index (χ0) is 20.4. The van der Waals surface area contributed by atoms with Gasteiger partial charge in [-0.15, -0.1) is 0 Å². The maximum Gasteiger partial charge on any atom is 0.322 e. The van der Waals surface area contributed by atoms with E-state index >= 15 is 0 Å². The second-order valence-electron chi connectivity index (χ2n) is 7.68. The number of aliphatic hydroxyl groups is 1. The van der Waals surface area contributed by atoms with Crippen molar-refractivity contribution in [2.75, 3.05) is 19.0 Å². The van der Waals surface area contributed by atoms with Gasteiger partial charge in [-0.3, -0.25) is 0 Å². The largest absolute Gasteiger partial charge is 0.497 e. The second-order valence-corrected chi connectivity index (χ2v) is 7.68. The van der Waals surface area contributed by atoms with E-state index in [0.29, 0.717) is 6.54 Å². The highest BCUT2D eigenvalue weighted by Crippen LogP contribution is 2.36. The Hall–Kier alpha value is -3.05. The van der Waals surface area contributed by atoms with Gasteiger partial charge in [-0.25, -0.2) is 4.79 Å². The van der Waals surface area contributed by atoms with Crippen LogP contribution in [0.4, 0.5) is 10.5 Å². The molecule has 0 aliphatic carbocycles. The minimum Gasteiger partial charge on any atom is -0.497 e. The van der Waals surface area contributed by atoms with Gasteiger partial charge in [0.25, 0.3) is 0 Å². The van der Waals surface area contributed by atoms with Crippen molar-refractivity contribution < 1.29 is 14.6 Å². The lowest BCUT2D eigenvalue weighted by Gasteiger charge is -2.37. The number of fused-ring (bicyclic) bond motifs is 1. The Morgan fingerprint density at radius 2 is 1.83 bits per heavy atom. The number of methoxy groups -OCH3 is 1. The maximum atomic E-state index is 13.1. The smallest absolute Gasteiger partial charge is 0.322 e. The van der Waals surface area contributed by atoms with Crippen molar-refractivity contribution in [1.82, 2.24) is 4.90 Å². The number of amides is 2. The molecule has 3 aromatic carbocycles. The van der Waals surface area contributed by atoms with Gasteiger partial charge in [0.15, 0.2) is 0 Å². The number of urea groups is 1. The van der Waals surface area contributed by atoms with Crippen LogP contribution >= 0.6 is 0 Å². The molecule has 2 atom stereocenters. The fourth-order valence-corrected chi connectivity index (χ4v) is 4.24. The van der Waals surface area contributed by atoms with Crippen molar-refractivity contribution in [2.24, 2.45) is 0 Å². The summed E-state index contributed by atoms with van der Waals surface area (Å²) in [5.41, 5.74) is 0.398. The quantitative estimate of drug-likeness (QED) is 0.676. The number of likely N-dealkylation sites (tertiary alicyclic amines) is 1. The van der Waals surface area contributed by atoms with E-state index in [1.165, 1.54) is 0 Å². The third-order valence-electron chi connectivity index (χ3n) is 5.87. The molecule has 29 heavy (non-hydrogen) atoms. The van der Waals surface area contributed by atoms with E-state index in [2.05, 4.69) is 5.32 Å². The Bertz CT molecular complexity index is 1010. The van der Waals surface area contributed by atoms with Gasteiger partial charge >= 0.3 is 6.03 Å². The van der Waals surface area contributed by atoms with Crippen molar-refractivity contribution in [2.45, 2.75) is 31.4 Å². The first-order chi connectivity index (χ1) is 14.0. The maximum absolute atomic E-state index is 13.1. The number of ether oxygens (including phenoxy) is 1. The standard InChI is InChI=1S/C24H26N2O3/c1-24(28,18-12-14-19(29-2)15-13-18)22-11-6-16-26(22)23(27)25-21-10-5-8-17-7-3-4-9-20(17)21/h3-5,7-10,12-15,22,28H,6,11,16H2,1-2H3,(H,25,27)/t22-,24-/m0/s1. The topological polar surface area (TPSA) is 61.8 Å². The number of nitrogens with zero attached hydrogens (tertiary/aromatic N) is 1. The molecule has 5 nitrogen and oxygen atoms in total. The van der Waals surface area contributed by atoms with Crippen LogP contribution in [0.2, 0.25) is 0 Å². The van der Waals surface area contributed by atoms with E-state index in [1.54, 1.807) is 18.9 Å². The number of carbonyl (C=O) groups excluding carboxylic acids is 1. The summed E-state index contributed by atoms with van der Waals surface area (Å²) in [6, 6.07) is 20.7. The van der Waals surface area contributed by atoms with Crippen molar-refractivity contribution in [3.63, 3.8) is 0 Å². The molecular formula is C24H26N2O3. The lowest BCUT2D eigenvalue weighted by atomic mass is 9.86. The van der Waals surface area contributed by atoms with Gasteiger partial charge in [0, 0.05) is 11.9 Å². The SMILES string of the molecule is COc1ccc([C@](C)(O)[C@@H]2CCCN2C(=O)Nc2cccc3ccccc23)cc1. The number of rotatable bonds is 4. The molecule has 1 fully saturated rings. The lowest BCUT2D eigenvalue weighted by Crippen LogP contribution is -2.49. The molecule has 0 saturated carbocycles. The zero-order valence-electron chi connectivity index (χ0n) is 16.8. The van der Waals surface area contributed by atoms with Gasteiger partial charge in [-0.05, 0) is 48.9 Å². The predicted molar refractivity (Wildman–Crippen MR) is 115 cm³/mol. The first-order valence-corrected chi connectivity index (χ1v) is 9.93. The molecular weight excluding hydrogens is 364 g/mol. The Labute approximate surface area is 170 Å². The van der Waals surface area contributed by atoms with Crippen molar-refractivity contribution >= 4 is 22.5 Å². The van der Waals surface area contributed by atoms with Crippen LogP contribution in [-0.2, 0) is 5.60 Å². The Kier molecular flexibility index (Phi) is 5.16. The number of hydrogen-bond donors (Lipinski definition) is 2. The summed E-state index contributed by atoms with van der Waals surface area (Å²) in [4.78, 5) is 14.9. The Morgan fingerprint density at radius 1 is 1.10 bits per heavy atom. The Balaban J connectivity index is 1.57. The van der Waals surface area contributed by atoms with Crippen LogP contribution in [0.3, 0.4) is 0 Å². The van der Waals surface area contributed by atoms with Gasteiger partial charge in [0.1, 0.15) is 11.4 Å². The third-order valence-corrected chi connectivity index (χ3v) is 5.87. The first-order valence-electron chi connectivity index (χ1n) is 9.93. The van der Waals surface area contributed by atoms with Gasteiger partial charge in [0.2, 0.25) is 0 Å². The van der Waals surface area contributed by atoms with Gasteiger partial charge in [-0.2, -0.15) is 0 Å². The van der Waals surface area contributed by atoms with Crippen molar-refractivity contribution in [3.05, 3.63) is 72.3 Å². The molecule has 1 aliphatic heterocycles. The van der Waals surface area contributed by atoms with Crippen LogP contribution in [0.5, 0.6) is 5.75 Å². The summed E-state index contributed by atoms with van der Waals surface area (Å²) in [6.45, 7) is 2.40. The van der Waals surface area contributed by atoms with Crippen LogP contribution in [0.25, 0.3) is 10.8 Å². The second kappa shape index (κ2) is 7.76. The average Bonchev–Trinajstić information content (AvgIpc) is 3.25. The van der Waals surface area contributed by atoms with Crippen molar-refractivity contribution in [3.8, 4) is 5.75 Å². The molecule has 1 heterocycles. The molecule has 150 valence electrons. The van der Waals surface area contributed by atoms with E-state index in [4.69, 9.17) is 4.74 Å². The molecule has 1 saturated heterocycles. The van der Waals surface area contributed by atoms with Crippen LogP contribution < -0.4 is 10.1 Å². The summed E-state index contributed by atoms with van der Waals surface area (Å²) in [6.07, 6.45) is 1.61. The molecule has 1 aliphatic rings. The highest BCUT2D eigenvalue weighted by Gasteiger charge is 2.42.